The molecule has 1 rings (SSSR count). The first-order valence-corrected chi connectivity index (χ1v) is 9.50. The van der Waals surface area contributed by atoms with Gasteiger partial charge in [-0.2, -0.15) is 8.78 Å². The molecule has 0 aromatic rings. The Morgan fingerprint density at radius 3 is 2.00 bits per heavy atom. The van der Waals surface area contributed by atoms with Crippen LogP contribution in [0.2, 0.25) is 18.1 Å². The molecule has 1 saturated carbocycles. The second kappa shape index (κ2) is 4.91. The highest BCUT2D eigenvalue weighted by atomic mass is 28.4. The largest absolute Gasteiger partial charge is 0.515 e. The maximum atomic E-state index is 14.0. The van der Waals surface area contributed by atoms with Crippen LogP contribution in [-0.4, -0.2) is 20.2 Å². The molecule has 5 heteroatoms. The van der Waals surface area contributed by atoms with Gasteiger partial charge < -0.3 is 4.43 Å². The Morgan fingerprint density at radius 1 is 1.17 bits per heavy atom. The van der Waals surface area contributed by atoms with E-state index in [4.69, 9.17) is 4.43 Å². The molecule has 18 heavy (non-hydrogen) atoms. The second-order valence-electron chi connectivity index (χ2n) is 6.75. The Morgan fingerprint density at radius 2 is 1.61 bits per heavy atom. The van der Waals surface area contributed by atoms with Crippen molar-refractivity contribution in [3.8, 4) is 0 Å². The molecule has 0 aliphatic heterocycles. The Labute approximate surface area is 109 Å². The molecule has 0 saturated heterocycles. The van der Waals surface area contributed by atoms with E-state index in [1.54, 1.807) is 0 Å². The van der Waals surface area contributed by atoms with Gasteiger partial charge in [-0.15, -0.1) is 0 Å². The zero-order valence-electron chi connectivity index (χ0n) is 12.0. The van der Waals surface area contributed by atoms with Gasteiger partial charge in [0.15, 0.2) is 0 Å². The number of carbonyl (C=O) groups is 1. The molecule has 106 valence electrons. The van der Waals surface area contributed by atoms with Crippen molar-refractivity contribution in [3.63, 3.8) is 0 Å². The summed E-state index contributed by atoms with van der Waals surface area (Å²) in [5, 5.41) is -0.242. The predicted molar refractivity (Wildman–Crippen MR) is 70.2 cm³/mol. The highest BCUT2D eigenvalue weighted by Crippen LogP contribution is 2.42. The van der Waals surface area contributed by atoms with Crippen LogP contribution in [0.5, 0.6) is 0 Å². The van der Waals surface area contributed by atoms with Crippen LogP contribution >= 0.6 is 0 Å². The fourth-order valence-corrected chi connectivity index (χ4v) is 2.81. The van der Waals surface area contributed by atoms with Gasteiger partial charge in [0.1, 0.15) is 0 Å². The molecule has 0 spiro atoms. The first-order valence-electron chi connectivity index (χ1n) is 6.60. The lowest BCUT2D eigenvalue weighted by molar-refractivity contribution is -0.171. The second-order valence-corrected chi connectivity index (χ2v) is 11.5. The van der Waals surface area contributed by atoms with Crippen molar-refractivity contribution in [3.05, 3.63) is 0 Å². The van der Waals surface area contributed by atoms with E-state index < -0.39 is 26.1 Å². The lowest BCUT2D eigenvalue weighted by atomic mass is 10.0. The smallest absolute Gasteiger partial charge is 0.364 e. The van der Waals surface area contributed by atoms with Crippen LogP contribution in [0.4, 0.5) is 8.78 Å². The summed E-state index contributed by atoms with van der Waals surface area (Å²) in [4.78, 5) is 11.8. The number of hydrogen-bond acceptors (Lipinski definition) is 2. The van der Waals surface area contributed by atoms with E-state index in [9.17, 15) is 13.6 Å². The van der Waals surface area contributed by atoms with Crippen LogP contribution in [0.25, 0.3) is 0 Å². The third-order valence-corrected chi connectivity index (χ3v) is 8.60. The highest BCUT2D eigenvalue weighted by Gasteiger charge is 2.52. The minimum atomic E-state index is -3.31. The third kappa shape index (κ3) is 3.11. The number of rotatable bonds is 3. The van der Waals surface area contributed by atoms with Crippen LogP contribution in [0.15, 0.2) is 0 Å². The molecule has 0 atom stereocenters. The number of alkyl halides is 2. The topological polar surface area (TPSA) is 26.3 Å². The predicted octanol–water partition coefficient (Wildman–Crippen LogP) is 4.36. The van der Waals surface area contributed by atoms with Crippen LogP contribution in [0, 0.1) is 5.92 Å². The molecule has 0 radical (unpaired) electrons. The molecule has 0 heterocycles. The molecule has 0 amide bonds. The van der Waals surface area contributed by atoms with E-state index in [1.165, 1.54) is 0 Å². The van der Waals surface area contributed by atoms with Crippen LogP contribution in [0.1, 0.15) is 46.5 Å². The number of hydrogen-bond donors (Lipinski definition) is 0. The Kier molecular flexibility index (Phi) is 4.25. The monoisotopic (exact) mass is 278 g/mol. The van der Waals surface area contributed by atoms with Gasteiger partial charge in [0, 0.05) is 5.92 Å². The van der Waals surface area contributed by atoms with E-state index >= 15 is 0 Å². The Hall–Kier alpha value is -0.453. The van der Waals surface area contributed by atoms with Crippen molar-refractivity contribution >= 4 is 14.3 Å². The maximum absolute atomic E-state index is 14.0. The third-order valence-electron chi connectivity index (χ3n) is 4.29. The molecule has 0 unspecified atom stereocenters. The van der Waals surface area contributed by atoms with E-state index in [1.807, 2.05) is 33.9 Å². The lowest BCUT2D eigenvalue weighted by Gasteiger charge is -2.37. The summed E-state index contributed by atoms with van der Waals surface area (Å²) >= 11 is 0. The van der Waals surface area contributed by atoms with Crippen molar-refractivity contribution in [2.45, 2.75) is 70.5 Å². The summed E-state index contributed by atoms with van der Waals surface area (Å²) in [5.74, 6) is -5.44. The quantitative estimate of drug-likeness (QED) is 0.717. The Bertz CT molecular complexity index is 315. The minimum absolute atomic E-state index is 0.242. The van der Waals surface area contributed by atoms with Gasteiger partial charge in [0.25, 0.3) is 8.32 Å². The summed E-state index contributed by atoms with van der Waals surface area (Å²) < 4.78 is 33.2. The normalized spacial score (nSPS) is 19.1. The summed E-state index contributed by atoms with van der Waals surface area (Å²) in [7, 11) is -2.46. The van der Waals surface area contributed by atoms with Crippen molar-refractivity contribution < 1.29 is 18.0 Å². The maximum Gasteiger partial charge on any atom is 0.364 e. The van der Waals surface area contributed by atoms with E-state index in [0.29, 0.717) is 12.8 Å². The van der Waals surface area contributed by atoms with Crippen molar-refractivity contribution in [1.82, 2.24) is 0 Å². The number of halogens is 2. The zero-order valence-corrected chi connectivity index (χ0v) is 13.0. The van der Waals surface area contributed by atoms with Crippen LogP contribution in [0.3, 0.4) is 0 Å². The van der Waals surface area contributed by atoms with Gasteiger partial charge in [-0.3, -0.25) is 0 Å². The summed E-state index contributed by atoms with van der Waals surface area (Å²) in [6.45, 7) is 9.42. The van der Waals surface area contributed by atoms with Gasteiger partial charge in [0.05, 0.1) is 0 Å². The average molecular weight is 278 g/mol. The van der Waals surface area contributed by atoms with Crippen molar-refractivity contribution in [1.29, 1.82) is 0 Å². The molecule has 0 N–H and O–H groups in total. The zero-order chi connectivity index (χ0) is 14.2. The molecule has 0 aromatic heterocycles. The first-order chi connectivity index (χ1) is 7.98. The molecular weight excluding hydrogens is 254 g/mol. The van der Waals surface area contributed by atoms with Crippen LogP contribution < -0.4 is 0 Å². The van der Waals surface area contributed by atoms with Crippen molar-refractivity contribution in [2.75, 3.05) is 0 Å². The molecule has 1 fully saturated rings. The van der Waals surface area contributed by atoms with Gasteiger partial charge in [0.2, 0.25) is 0 Å². The van der Waals surface area contributed by atoms with Gasteiger partial charge >= 0.3 is 11.9 Å². The SMILES string of the molecule is CC(C)(C)[Si](C)(C)OC(=O)C(F)(F)C1CCCC1. The molecule has 1 aliphatic rings. The molecule has 2 nitrogen and oxygen atoms in total. The summed E-state index contributed by atoms with van der Waals surface area (Å²) in [6, 6.07) is 0. The van der Waals surface area contributed by atoms with E-state index in [-0.39, 0.29) is 5.04 Å². The Balaban J connectivity index is 2.75. The standard InChI is InChI=1S/C13H24F2O2Si/c1-12(2,3)18(4,5)17-11(16)13(14,15)10-8-6-7-9-10/h10H,6-9H2,1-5H3. The number of carbonyl (C=O) groups excluding carboxylic acids is 1. The van der Waals surface area contributed by atoms with E-state index in [0.717, 1.165) is 12.8 Å². The van der Waals surface area contributed by atoms with E-state index in [2.05, 4.69) is 0 Å². The first kappa shape index (κ1) is 15.6. The van der Waals surface area contributed by atoms with Gasteiger partial charge in [-0.25, -0.2) is 4.79 Å². The highest BCUT2D eigenvalue weighted by molar-refractivity contribution is 6.75. The fourth-order valence-electron chi connectivity index (χ4n) is 1.91. The summed E-state index contributed by atoms with van der Waals surface area (Å²) in [5.41, 5.74) is 0. The molecule has 0 bridgehead atoms. The lowest BCUT2D eigenvalue weighted by Crippen LogP contribution is -2.48. The van der Waals surface area contributed by atoms with Crippen molar-refractivity contribution in [2.24, 2.45) is 5.92 Å². The van der Waals surface area contributed by atoms with Gasteiger partial charge in [-0.1, -0.05) is 33.6 Å². The molecular formula is C13H24F2O2Si. The fraction of sp³-hybridized carbons (Fsp3) is 0.923. The minimum Gasteiger partial charge on any atom is -0.515 e. The van der Waals surface area contributed by atoms with Crippen LogP contribution in [-0.2, 0) is 9.22 Å². The average Bonchev–Trinajstić information content (AvgIpc) is 2.67. The summed E-state index contributed by atoms with van der Waals surface area (Å²) in [6.07, 6.45) is 2.43. The van der Waals surface area contributed by atoms with Gasteiger partial charge in [-0.05, 0) is 31.0 Å². The molecule has 1 aliphatic carbocycles. The molecule has 0 aromatic carbocycles.